The van der Waals surface area contributed by atoms with E-state index >= 15 is 0 Å². The monoisotopic (exact) mass is 301 g/mol. The van der Waals surface area contributed by atoms with Crippen molar-refractivity contribution >= 4 is 16.0 Å². The normalized spacial score (nSPS) is 11.8. The van der Waals surface area contributed by atoms with Crippen LogP contribution in [0.4, 0.5) is 0 Å². The second kappa shape index (κ2) is 6.71. The van der Waals surface area contributed by atoms with E-state index in [2.05, 4.69) is 0 Å². The number of hydrogen-bond acceptors (Lipinski definition) is 5. The molecule has 7 heteroatoms. The highest BCUT2D eigenvalue weighted by molar-refractivity contribution is 7.89. The first-order chi connectivity index (χ1) is 9.28. The first-order valence-corrected chi connectivity index (χ1v) is 7.69. The van der Waals surface area contributed by atoms with Crippen LogP contribution in [0.2, 0.25) is 0 Å². The molecule has 1 N–H and O–H groups in total. The Balaban J connectivity index is 3.06. The van der Waals surface area contributed by atoms with Crippen LogP contribution < -0.4 is 0 Å². The summed E-state index contributed by atoms with van der Waals surface area (Å²) in [4.78, 5) is 11.5. The quantitative estimate of drug-likeness (QED) is 0.802. The number of ether oxygens (including phenoxy) is 1. The highest BCUT2D eigenvalue weighted by Gasteiger charge is 2.29. The smallest absolute Gasteiger partial charge is 0.321 e. The Kier molecular flexibility index (Phi) is 5.52. The number of phenols is 1. The third-order valence-electron chi connectivity index (χ3n) is 2.61. The minimum atomic E-state index is -3.81. The molecule has 0 saturated heterocycles. The van der Waals surface area contributed by atoms with Gasteiger partial charge in [0.1, 0.15) is 12.3 Å². The maximum atomic E-state index is 12.5. The van der Waals surface area contributed by atoms with Crippen molar-refractivity contribution < 1.29 is 23.1 Å². The number of aromatic hydroxyl groups is 1. The number of carbonyl (C=O) groups is 1. The van der Waals surface area contributed by atoms with Gasteiger partial charge in [-0.25, -0.2) is 8.42 Å². The molecule has 0 amide bonds. The molecule has 1 rings (SSSR count). The van der Waals surface area contributed by atoms with Crippen molar-refractivity contribution in [3.05, 3.63) is 24.3 Å². The van der Waals surface area contributed by atoms with Crippen molar-refractivity contribution in [3.63, 3.8) is 0 Å². The number of esters is 1. The molecular formula is C13H19NO5S. The fraction of sp³-hybridized carbons (Fsp3) is 0.462. The lowest BCUT2D eigenvalue weighted by Crippen LogP contribution is -2.41. The molecule has 20 heavy (non-hydrogen) atoms. The van der Waals surface area contributed by atoms with Crippen molar-refractivity contribution in [2.75, 3.05) is 13.2 Å². The van der Waals surface area contributed by atoms with Gasteiger partial charge < -0.3 is 9.84 Å². The molecule has 0 aliphatic carbocycles. The molecule has 112 valence electrons. The molecule has 0 aliphatic heterocycles. The van der Waals surface area contributed by atoms with Crippen LogP contribution in [0, 0.1) is 0 Å². The summed E-state index contributed by atoms with van der Waals surface area (Å²) in [7, 11) is -3.81. The van der Waals surface area contributed by atoms with Gasteiger partial charge >= 0.3 is 5.97 Å². The number of phenolic OH excluding ortho intramolecular Hbond substituents is 1. The Morgan fingerprint density at radius 2 is 1.85 bits per heavy atom. The Morgan fingerprint density at radius 3 is 2.30 bits per heavy atom. The molecule has 0 aliphatic rings. The van der Waals surface area contributed by atoms with Crippen LogP contribution in [0.5, 0.6) is 5.75 Å². The van der Waals surface area contributed by atoms with Gasteiger partial charge in [-0.1, -0.05) is 0 Å². The summed E-state index contributed by atoms with van der Waals surface area (Å²) in [6, 6.07) is 4.78. The van der Waals surface area contributed by atoms with Gasteiger partial charge in [-0.15, -0.1) is 0 Å². The fourth-order valence-electron chi connectivity index (χ4n) is 1.63. The average Bonchev–Trinajstić information content (AvgIpc) is 2.36. The van der Waals surface area contributed by atoms with Crippen molar-refractivity contribution in [1.82, 2.24) is 4.31 Å². The predicted molar refractivity (Wildman–Crippen MR) is 73.8 cm³/mol. The van der Waals surface area contributed by atoms with Gasteiger partial charge in [-0.3, -0.25) is 4.79 Å². The highest BCUT2D eigenvalue weighted by atomic mass is 32.2. The lowest BCUT2D eigenvalue weighted by molar-refractivity contribution is -0.143. The van der Waals surface area contributed by atoms with Gasteiger partial charge in [-0.2, -0.15) is 4.31 Å². The SMILES string of the molecule is CCOC(=O)CN(C(C)C)S(=O)(=O)c1ccc(O)cc1. The van der Waals surface area contributed by atoms with E-state index in [0.717, 1.165) is 4.31 Å². The molecule has 0 unspecified atom stereocenters. The topological polar surface area (TPSA) is 83.9 Å². The van der Waals surface area contributed by atoms with Crippen LogP contribution in [-0.2, 0) is 19.6 Å². The molecule has 0 bridgehead atoms. The van der Waals surface area contributed by atoms with Gasteiger partial charge in [0, 0.05) is 6.04 Å². The largest absolute Gasteiger partial charge is 0.508 e. The predicted octanol–water partition coefficient (Wildman–Crippen LogP) is 1.35. The summed E-state index contributed by atoms with van der Waals surface area (Å²) in [6.07, 6.45) is 0. The molecule has 6 nitrogen and oxygen atoms in total. The summed E-state index contributed by atoms with van der Waals surface area (Å²) in [6.45, 7) is 4.87. The summed E-state index contributed by atoms with van der Waals surface area (Å²) in [5.74, 6) is -0.617. The van der Waals surface area contributed by atoms with Crippen LogP contribution in [-0.4, -0.2) is 43.0 Å². The number of rotatable bonds is 6. The van der Waals surface area contributed by atoms with Gasteiger partial charge in [0.2, 0.25) is 10.0 Å². The van der Waals surface area contributed by atoms with E-state index in [0.29, 0.717) is 0 Å². The van der Waals surface area contributed by atoms with Gasteiger partial charge in [0.15, 0.2) is 0 Å². The highest BCUT2D eigenvalue weighted by Crippen LogP contribution is 2.20. The maximum absolute atomic E-state index is 12.5. The molecule has 0 spiro atoms. The van der Waals surface area contributed by atoms with E-state index in [1.54, 1.807) is 20.8 Å². The molecule has 0 aromatic heterocycles. The van der Waals surface area contributed by atoms with Crippen molar-refractivity contribution in [3.8, 4) is 5.75 Å². The molecular weight excluding hydrogens is 282 g/mol. The lowest BCUT2D eigenvalue weighted by Gasteiger charge is -2.24. The summed E-state index contributed by atoms with van der Waals surface area (Å²) in [5.41, 5.74) is 0. The standard InChI is InChI=1S/C13H19NO5S/c1-4-19-13(16)9-14(10(2)3)20(17,18)12-7-5-11(15)6-8-12/h5-8,10,15H,4,9H2,1-3H3. The third kappa shape index (κ3) is 3.94. The Hall–Kier alpha value is -1.60. The van der Waals surface area contributed by atoms with E-state index in [4.69, 9.17) is 4.74 Å². The Labute approximate surface area is 119 Å². The van der Waals surface area contributed by atoms with Crippen molar-refractivity contribution in [1.29, 1.82) is 0 Å². The number of sulfonamides is 1. The molecule has 0 atom stereocenters. The van der Waals surface area contributed by atoms with Crippen molar-refractivity contribution in [2.24, 2.45) is 0 Å². The minimum Gasteiger partial charge on any atom is -0.508 e. The number of benzene rings is 1. The van der Waals surface area contributed by atoms with Gasteiger partial charge in [-0.05, 0) is 45.0 Å². The molecule has 0 fully saturated rings. The second-order valence-electron chi connectivity index (χ2n) is 4.44. The average molecular weight is 301 g/mol. The van der Waals surface area contributed by atoms with E-state index in [-0.39, 0.29) is 23.8 Å². The van der Waals surface area contributed by atoms with Crippen LogP contribution >= 0.6 is 0 Å². The molecule has 1 aromatic rings. The van der Waals surface area contributed by atoms with Crippen LogP contribution in [0.25, 0.3) is 0 Å². The van der Waals surface area contributed by atoms with E-state index in [9.17, 15) is 18.3 Å². The van der Waals surface area contributed by atoms with E-state index < -0.39 is 22.0 Å². The van der Waals surface area contributed by atoms with Crippen molar-refractivity contribution in [2.45, 2.75) is 31.7 Å². The number of hydrogen-bond donors (Lipinski definition) is 1. The van der Waals surface area contributed by atoms with Gasteiger partial charge in [0.05, 0.1) is 11.5 Å². The van der Waals surface area contributed by atoms with E-state index in [1.807, 2.05) is 0 Å². The summed E-state index contributed by atoms with van der Waals surface area (Å²) in [5, 5.41) is 9.20. The third-order valence-corrected chi connectivity index (χ3v) is 4.65. The molecule has 1 aromatic carbocycles. The fourth-order valence-corrected chi connectivity index (χ4v) is 3.21. The second-order valence-corrected chi connectivity index (χ2v) is 6.33. The first kappa shape index (κ1) is 16.5. The maximum Gasteiger partial charge on any atom is 0.321 e. The first-order valence-electron chi connectivity index (χ1n) is 6.25. The zero-order chi connectivity index (χ0) is 15.3. The minimum absolute atomic E-state index is 0.0216. The van der Waals surface area contributed by atoms with Crippen LogP contribution in [0.3, 0.4) is 0 Å². The molecule has 0 saturated carbocycles. The van der Waals surface area contributed by atoms with Gasteiger partial charge in [0.25, 0.3) is 0 Å². The summed E-state index contributed by atoms with van der Waals surface area (Å²) >= 11 is 0. The molecule has 0 radical (unpaired) electrons. The van der Waals surface area contributed by atoms with Crippen LogP contribution in [0.15, 0.2) is 29.2 Å². The number of carbonyl (C=O) groups excluding carboxylic acids is 1. The number of nitrogens with zero attached hydrogens (tertiary/aromatic N) is 1. The Morgan fingerprint density at radius 1 is 1.30 bits per heavy atom. The Bertz CT molecular complexity index is 551. The zero-order valence-electron chi connectivity index (χ0n) is 11.7. The molecule has 0 heterocycles. The summed E-state index contributed by atoms with van der Waals surface area (Å²) < 4.78 is 30.8. The van der Waals surface area contributed by atoms with E-state index in [1.165, 1.54) is 24.3 Å². The van der Waals surface area contributed by atoms with Crippen LogP contribution in [0.1, 0.15) is 20.8 Å². The lowest BCUT2D eigenvalue weighted by atomic mass is 10.3. The zero-order valence-corrected chi connectivity index (χ0v) is 12.6.